The summed E-state index contributed by atoms with van der Waals surface area (Å²) in [6.07, 6.45) is 4.20. The van der Waals surface area contributed by atoms with Crippen LogP contribution in [0.1, 0.15) is 42.2 Å². The molecule has 3 aromatic rings. The molecule has 0 heteroatoms. The topological polar surface area (TPSA) is 0 Å². The quantitative estimate of drug-likeness (QED) is 0.467. The lowest BCUT2D eigenvalue weighted by atomic mass is 9.83. The van der Waals surface area contributed by atoms with Crippen molar-refractivity contribution in [1.82, 2.24) is 0 Å². The molecule has 92 valence electrons. The molecule has 0 saturated heterocycles. The van der Waals surface area contributed by atoms with E-state index >= 15 is 0 Å². The highest BCUT2D eigenvalue weighted by molar-refractivity contribution is 6.11. The number of hydrogen-bond donors (Lipinski definition) is 0. The third kappa shape index (κ3) is 1.15. The fraction of sp³-hybridized carbons (Fsp3) is 0.263. The lowest BCUT2D eigenvalue weighted by Gasteiger charge is -2.20. The number of benzene rings is 3. The second-order valence-electron chi connectivity index (χ2n) is 6.13. The summed E-state index contributed by atoms with van der Waals surface area (Å²) in [4.78, 5) is 0. The van der Waals surface area contributed by atoms with E-state index in [9.17, 15) is 0 Å². The van der Waals surface area contributed by atoms with E-state index in [1.807, 2.05) is 0 Å². The maximum Gasteiger partial charge on any atom is -0.0102 e. The molecule has 19 heavy (non-hydrogen) atoms. The Balaban J connectivity index is 2.09. The van der Waals surface area contributed by atoms with Gasteiger partial charge in [-0.15, -0.1) is 0 Å². The molecule has 0 unspecified atom stereocenters. The van der Waals surface area contributed by atoms with Crippen molar-refractivity contribution in [2.75, 3.05) is 0 Å². The summed E-state index contributed by atoms with van der Waals surface area (Å²) in [6.45, 7) is 0. The van der Waals surface area contributed by atoms with E-state index in [1.54, 1.807) is 11.1 Å². The minimum Gasteiger partial charge on any atom is -0.0616 e. The van der Waals surface area contributed by atoms with Crippen LogP contribution in [0, 0.1) is 0 Å². The first kappa shape index (κ1) is 10.0. The van der Waals surface area contributed by atoms with Gasteiger partial charge in [-0.05, 0) is 63.8 Å². The minimum absolute atomic E-state index is 0.828. The Labute approximate surface area is 113 Å². The van der Waals surface area contributed by atoms with E-state index in [1.165, 1.54) is 40.8 Å². The van der Waals surface area contributed by atoms with Crippen LogP contribution in [0.15, 0.2) is 48.5 Å². The predicted molar refractivity (Wildman–Crippen MR) is 80.8 cm³/mol. The van der Waals surface area contributed by atoms with Crippen LogP contribution >= 0.6 is 0 Å². The summed E-state index contributed by atoms with van der Waals surface area (Å²) in [5, 5.41) is 5.93. The fourth-order valence-electron chi connectivity index (χ4n) is 4.58. The molecule has 5 rings (SSSR count). The Morgan fingerprint density at radius 2 is 1.00 bits per heavy atom. The van der Waals surface area contributed by atoms with E-state index in [-0.39, 0.29) is 0 Å². The molecule has 0 nitrogen and oxygen atoms in total. The van der Waals surface area contributed by atoms with Crippen molar-refractivity contribution in [2.45, 2.75) is 31.1 Å². The van der Waals surface area contributed by atoms with Crippen LogP contribution in [0.5, 0.6) is 0 Å². The molecule has 0 amide bonds. The Morgan fingerprint density at radius 3 is 1.47 bits per heavy atom. The van der Waals surface area contributed by atoms with Gasteiger partial charge in [-0.3, -0.25) is 0 Å². The normalized spacial score (nSPS) is 24.2. The molecule has 1 fully saturated rings. The SMILES string of the molecule is c1ccc2c(c1)c1c(c3ccccc32)[C@H]2CC[C@@H]1C2. The molecule has 0 aliphatic heterocycles. The van der Waals surface area contributed by atoms with Gasteiger partial charge in [0.05, 0.1) is 0 Å². The number of hydrogen-bond acceptors (Lipinski definition) is 0. The van der Waals surface area contributed by atoms with E-state index < -0.39 is 0 Å². The van der Waals surface area contributed by atoms with Crippen LogP contribution in [0.3, 0.4) is 0 Å². The third-order valence-corrected chi connectivity index (χ3v) is 5.26. The first-order valence-electron chi connectivity index (χ1n) is 7.37. The van der Waals surface area contributed by atoms with Crippen LogP contribution in [0.4, 0.5) is 0 Å². The van der Waals surface area contributed by atoms with Gasteiger partial charge in [0.2, 0.25) is 0 Å². The smallest absolute Gasteiger partial charge is 0.0102 e. The van der Waals surface area contributed by atoms with E-state index in [0.29, 0.717) is 0 Å². The fourth-order valence-corrected chi connectivity index (χ4v) is 4.58. The van der Waals surface area contributed by atoms with Crippen LogP contribution in [0.25, 0.3) is 21.5 Å². The Hall–Kier alpha value is -1.82. The van der Waals surface area contributed by atoms with E-state index in [4.69, 9.17) is 0 Å². The average Bonchev–Trinajstić information content (AvgIpc) is 3.09. The zero-order chi connectivity index (χ0) is 12.4. The van der Waals surface area contributed by atoms with Crippen molar-refractivity contribution in [3.63, 3.8) is 0 Å². The zero-order valence-corrected chi connectivity index (χ0v) is 10.9. The molecule has 0 N–H and O–H groups in total. The highest BCUT2D eigenvalue weighted by Gasteiger charge is 2.39. The van der Waals surface area contributed by atoms with Crippen LogP contribution in [-0.4, -0.2) is 0 Å². The highest BCUT2D eigenvalue weighted by Crippen LogP contribution is 2.57. The molecule has 1 saturated carbocycles. The van der Waals surface area contributed by atoms with Gasteiger partial charge < -0.3 is 0 Å². The van der Waals surface area contributed by atoms with Gasteiger partial charge in [-0.25, -0.2) is 0 Å². The molecule has 0 aromatic heterocycles. The van der Waals surface area contributed by atoms with Crippen LogP contribution < -0.4 is 0 Å². The summed E-state index contributed by atoms with van der Waals surface area (Å²) >= 11 is 0. The lowest BCUT2D eigenvalue weighted by Crippen LogP contribution is -2.00. The van der Waals surface area contributed by atoms with Crippen molar-refractivity contribution in [1.29, 1.82) is 0 Å². The summed E-state index contributed by atoms with van der Waals surface area (Å²) in [5.41, 5.74) is 3.37. The first-order chi connectivity index (χ1) is 9.43. The van der Waals surface area contributed by atoms with E-state index in [0.717, 1.165) is 11.8 Å². The largest absolute Gasteiger partial charge is 0.0616 e. The molecule has 2 atom stereocenters. The molecule has 2 aliphatic rings. The summed E-state index contributed by atoms with van der Waals surface area (Å²) in [5.74, 6) is 1.66. The molecular formula is C19H16. The van der Waals surface area contributed by atoms with Crippen molar-refractivity contribution in [3.8, 4) is 0 Å². The zero-order valence-electron chi connectivity index (χ0n) is 10.9. The van der Waals surface area contributed by atoms with Gasteiger partial charge in [-0.2, -0.15) is 0 Å². The standard InChI is InChI=1S/C19H16/c1-3-7-16-14(5-1)15-6-2-4-8-17(15)19-13-10-9-12(11-13)18(16)19/h1-8,12-13H,9-11H2/t12-,13+. The van der Waals surface area contributed by atoms with Crippen molar-refractivity contribution < 1.29 is 0 Å². The first-order valence-corrected chi connectivity index (χ1v) is 7.37. The maximum absolute atomic E-state index is 2.33. The van der Waals surface area contributed by atoms with Crippen molar-refractivity contribution >= 4 is 21.5 Å². The predicted octanol–water partition coefficient (Wildman–Crippen LogP) is 5.36. The molecule has 0 heterocycles. The third-order valence-electron chi connectivity index (χ3n) is 5.26. The molecule has 2 bridgehead atoms. The number of fused-ring (bicyclic) bond motifs is 10. The Kier molecular flexibility index (Phi) is 1.79. The monoisotopic (exact) mass is 244 g/mol. The minimum atomic E-state index is 0.828. The summed E-state index contributed by atoms with van der Waals surface area (Å²) in [7, 11) is 0. The summed E-state index contributed by atoms with van der Waals surface area (Å²) in [6, 6.07) is 18.0. The van der Waals surface area contributed by atoms with Gasteiger partial charge in [0, 0.05) is 0 Å². The van der Waals surface area contributed by atoms with E-state index in [2.05, 4.69) is 48.5 Å². The molecule has 2 aliphatic carbocycles. The molecular weight excluding hydrogens is 228 g/mol. The second-order valence-corrected chi connectivity index (χ2v) is 6.13. The van der Waals surface area contributed by atoms with Gasteiger partial charge in [0.1, 0.15) is 0 Å². The molecule has 0 spiro atoms. The van der Waals surface area contributed by atoms with Gasteiger partial charge >= 0.3 is 0 Å². The van der Waals surface area contributed by atoms with Gasteiger partial charge in [-0.1, -0.05) is 48.5 Å². The van der Waals surface area contributed by atoms with Crippen molar-refractivity contribution in [3.05, 3.63) is 59.7 Å². The van der Waals surface area contributed by atoms with Gasteiger partial charge in [0.25, 0.3) is 0 Å². The van der Waals surface area contributed by atoms with Crippen LogP contribution in [-0.2, 0) is 0 Å². The second kappa shape index (κ2) is 3.39. The Bertz CT molecular complexity index is 744. The molecule has 3 aromatic carbocycles. The number of rotatable bonds is 0. The summed E-state index contributed by atoms with van der Waals surface area (Å²) < 4.78 is 0. The highest BCUT2D eigenvalue weighted by atomic mass is 14.4. The average molecular weight is 244 g/mol. The lowest BCUT2D eigenvalue weighted by molar-refractivity contribution is 0.726. The van der Waals surface area contributed by atoms with Gasteiger partial charge in [0.15, 0.2) is 0 Å². The van der Waals surface area contributed by atoms with Crippen LogP contribution in [0.2, 0.25) is 0 Å². The Morgan fingerprint density at radius 1 is 0.579 bits per heavy atom. The molecule has 0 radical (unpaired) electrons. The van der Waals surface area contributed by atoms with Crippen molar-refractivity contribution in [2.24, 2.45) is 0 Å². The maximum atomic E-state index is 2.33.